The van der Waals surface area contributed by atoms with Crippen LogP contribution >= 0.6 is 0 Å². The lowest BCUT2D eigenvalue weighted by atomic mass is 9.98. The standard InChI is InChI=1S/C54H34N4/c1-3-14-37(15-4-1)54-55-48-31-26-38(39-27-32-51-46(33-39)44-20-10-11-21-49(44)57(51)40-16-5-2-6-17-40)34-47(48)52(56-54)36-23-28-41(29-24-36)58-50-22-12-9-19-43(50)45-30-25-35-13-7-8-18-42(35)53(45)58/h1-34H. The Kier molecular flexibility index (Phi) is 7.20. The van der Waals surface area contributed by atoms with Crippen molar-refractivity contribution in [3.8, 4) is 45.1 Å². The minimum Gasteiger partial charge on any atom is -0.309 e. The second-order valence-corrected chi connectivity index (χ2v) is 15.0. The molecule has 0 spiro atoms. The Labute approximate surface area is 334 Å². The Hall–Kier alpha value is -7.82. The maximum Gasteiger partial charge on any atom is 0.160 e. The van der Waals surface area contributed by atoms with Gasteiger partial charge in [0, 0.05) is 54.8 Å². The van der Waals surface area contributed by atoms with Crippen LogP contribution in [-0.4, -0.2) is 19.1 Å². The average Bonchev–Trinajstić information content (AvgIpc) is 3.82. The number of rotatable bonds is 5. The van der Waals surface area contributed by atoms with Gasteiger partial charge in [-0.05, 0) is 77.2 Å². The zero-order chi connectivity index (χ0) is 38.2. The lowest BCUT2D eigenvalue weighted by Crippen LogP contribution is -1.97. The molecule has 0 saturated carbocycles. The Balaban J connectivity index is 1.03. The number of nitrogens with zero attached hydrogens (tertiary/aromatic N) is 4. The minimum absolute atomic E-state index is 0.712. The molecule has 0 aliphatic rings. The highest BCUT2D eigenvalue weighted by atomic mass is 15.0. The number of benzene rings is 9. The molecule has 0 atom stereocenters. The Morgan fingerprint density at radius 1 is 0.310 bits per heavy atom. The van der Waals surface area contributed by atoms with Gasteiger partial charge in [-0.15, -0.1) is 0 Å². The number of aromatic nitrogens is 4. The van der Waals surface area contributed by atoms with Crippen molar-refractivity contribution in [1.82, 2.24) is 19.1 Å². The van der Waals surface area contributed by atoms with Crippen molar-refractivity contribution in [2.45, 2.75) is 0 Å². The third-order valence-corrected chi connectivity index (χ3v) is 11.7. The van der Waals surface area contributed by atoms with Crippen LogP contribution in [-0.2, 0) is 0 Å². The topological polar surface area (TPSA) is 35.6 Å². The van der Waals surface area contributed by atoms with E-state index in [1.54, 1.807) is 0 Å². The number of para-hydroxylation sites is 3. The van der Waals surface area contributed by atoms with Crippen molar-refractivity contribution in [2.75, 3.05) is 0 Å². The van der Waals surface area contributed by atoms with E-state index in [1.165, 1.54) is 54.4 Å². The molecule has 0 saturated heterocycles. The molecule has 0 fully saturated rings. The quantitative estimate of drug-likeness (QED) is 0.176. The van der Waals surface area contributed by atoms with Gasteiger partial charge < -0.3 is 9.13 Å². The first-order valence-electron chi connectivity index (χ1n) is 19.7. The molecule has 0 amide bonds. The van der Waals surface area contributed by atoms with E-state index in [4.69, 9.17) is 9.97 Å². The molecular formula is C54H34N4. The summed E-state index contributed by atoms with van der Waals surface area (Å²) in [7, 11) is 0. The summed E-state index contributed by atoms with van der Waals surface area (Å²) in [6.45, 7) is 0. The fourth-order valence-corrected chi connectivity index (χ4v) is 9.02. The van der Waals surface area contributed by atoms with Gasteiger partial charge in [0.2, 0.25) is 0 Å². The van der Waals surface area contributed by atoms with Crippen molar-refractivity contribution >= 4 is 65.3 Å². The molecule has 12 aromatic rings. The normalized spacial score (nSPS) is 11.8. The van der Waals surface area contributed by atoms with Gasteiger partial charge in [0.05, 0.1) is 33.3 Å². The molecule has 58 heavy (non-hydrogen) atoms. The zero-order valence-electron chi connectivity index (χ0n) is 31.4. The van der Waals surface area contributed by atoms with E-state index in [9.17, 15) is 0 Å². The summed E-state index contributed by atoms with van der Waals surface area (Å²) in [5.41, 5.74) is 13.2. The molecule has 0 bridgehead atoms. The summed E-state index contributed by atoms with van der Waals surface area (Å²) in [6.07, 6.45) is 0. The van der Waals surface area contributed by atoms with Gasteiger partial charge in [-0.2, -0.15) is 0 Å². The van der Waals surface area contributed by atoms with Crippen molar-refractivity contribution in [2.24, 2.45) is 0 Å². The minimum atomic E-state index is 0.712. The van der Waals surface area contributed by atoms with E-state index in [-0.39, 0.29) is 0 Å². The third kappa shape index (κ3) is 5.02. The van der Waals surface area contributed by atoms with Gasteiger partial charge in [-0.3, -0.25) is 0 Å². The molecule has 4 heteroatoms. The van der Waals surface area contributed by atoms with Gasteiger partial charge in [0.15, 0.2) is 5.82 Å². The number of hydrogen-bond donors (Lipinski definition) is 0. The predicted octanol–water partition coefficient (Wildman–Crippen LogP) is 14.0. The van der Waals surface area contributed by atoms with Crippen LogP contribution in [0.2, 0.25) is 0 Å². The second-order valence-electron chi connectivity index (χ2n) is 15.0. The van der Waals surface area contributed by atoms with E-state index in [0.717, 1.165) is 50.2 Å². The number of hydrogen-bond acceptors (Lipinski definition) is 2. The molecular weight excluding hydrogens is 705 g/mol. The lowest BCUT2D eigenvalue weighted by molar-refractivity contribution is 1.18. The van der Waals surface area contributed by atoms with Crippen molar-refractivity contribution in [1.29, 1.82) is 0 Å². The largest absolute Gasteiger partial charge is 0.309 e. The molecule has 0 radical (unpaired) electrons. The highest BCUT2D eigenvalue weighted by Crippen LogP contribution is 2.39. The fraction of sp³-hybridized carbons (Fsp3) is 0. The van der Waals surface area contributed by atoms with E-state index < -0.39 is 0 Å². The summed E-state index contributed by atoms with van der Waals surface area (Å²) in [5.74, 6) is 0.712. The molecule has 0 N–H and O–H groups in total. The van der Waals surface area contributed by atoms with E-state index in [0.29, 0.717) is 5.82 Å². The highest BCUT2D eigenvalue weighted by molar-refractivity contribution is 6.18. The summed E-state index contributed by atoms with van der Waals surface area (Å²) in [6, 6.07) is 73.8. The van der Waals surface area contributed by atoms with Gasteiger partial charge in [-0.1, -0.05) is 146 Å². The molecule has 12 rings (SSSR count). The van der Waals surface area contributed by atoms with Crippen LogP contribution in [0.25, 0.3) is 110 Å². The van der Waals surface area contributed by atoms with E-state index >= 15 is 0 Å². The van der Waals surface area contributed by atoms with Crippen LogP contribution in [0.1, 0.15) is 0 Å². The fourth-order valence-electron chi connectivity index (χ4n) is 9.02. The monoisotopic (exact) mass is 738 g/mol. The lowest BCUT2D eigenvalue weighted by Gasteiger charge is -2.13. The van der Waals surface area contributed by atoms with Crippen LogP contribution in [0.15, 0.2) is 206 Å². The Bertz CT molecular complexity index is 3540. The summed E-state index contributed by atoms with van der Waals surface area (Å²) in [4.78, 5) is 10.4. The highest BCUT2D eigenvalue weighted by Gasteiger charge is 2.18. The number of fused-ring (bicyclic) bond motifs is 9. The van der Waals surface area contributed by atoms with Gasteiger partial charge in [0.1, 0.15) is 0 Å². The molecule has 4 nitrogen and oxygen atoms in total. The van der Waals surface area contributed by atoms with Crippen LogP contribution < -0.4 is 0 Å². The molecule has 0 aliphatic carbocycles. The van der Waals surface area contributed by atoms with Crippen molar-refractivity contribution in [3.05, 3.63) is 206 Å². The first kappa shape index (κ1) is 32.4. The van der Waals surface area contributed by atoms with Crippen LogP contribution in [0.3, 0.4) is 0 Å². The third-order valence-electron chi connectivity index (χ3n) is 11.7. The summed E-state index contributed by atoms with van der Waals surface area (Å²) in [5, 5.41) is 8.44. The van der Waals surface area contributed by atoms with Gasteiger partial charge >= 0.3 is 0 Å². The average molecular weight is 739 g/mol. The maximum absolute atomic E-state index is 5.32. The summed E-state index contributed by atoms with van der Waals surface area (Å²) >= 11 is 0. The molecule has 0 aliphatic heterocycles. The Morgan fingerprint density at radius 2 is 0.879 bits per heavy atom. The predicted molar refractivity (Wildman–Crippen MR) is 242 cm³/mol. The van der Waals surface area contributed by atoms with E-state index in [2.05, 4.69) is 197 Å². The maximum atomic E-state index is 5.32. The van der Waals surface area contributed by atoms with Crippen LogP contribution in [0, 0.1) is 0 Å². The Morgan fingerprint density at radius 3 is 1.66 bits per heavy atom. The second kappa shape index (κ2) is 12.9. The first-order chi connectivity index (χ1) is 28.8. The van der Waals surface area contributed by atoms with Gasteiger partial charge in [0.25, 0.3) is 0 Å². The smallest absolute Gasteiger partial charge is 0.160 e. The van der Waals surface area contributed by atoms with E-state index in [1.807, 2.05) is 18.2 Å². The molecule has 9 aromatic carbocycles. The van der Waals surface area contributed by atoms with Crippen molar-refractivity contribution in [3.63, 3.8) is 0 Å². The molecule has 3 heterocycles. The molecule has 0 unspecified atom stereocenters. The first-order valence-corrected chi connectivity index (χ1v) is 19.7. The summed E-state index contributed by atoms with van der Waals surface area (Å²) < 4.78 is 4.77. The van der Waals surface area contributed by atoms with Gasteiger partial charge in [-0.25, -0.2) is 9.97 Å². The van der Waals surface area contributed by atoms with Crippen LogP contribution in [0.4, 0.5) is 0 Å². The SMILES string of the molecule is c1ccc(-c2nc(-c3ccc(-n4c5ccccc5c5ccc6ccccc6c54)cc3)c3cc(-c4ccc5c(c4)c4ccccc4n5-c4ccccc4)ccc3n2)cc1. The molecule has 3 aromatic heterocycles. The van der Waals surface area contributed by atoms with Crippen LogP contribution in [0.5, 0.6) is 0 Å². The zero-order valence-corrected chi connectivity index (χ0v) is 31.4. The molecule has 270 valence electrons. The van der Waals surface area contributed by atoms with Crippen molar-refractivity contribution < 1.29 is 0 Å².